The Morgan fingerprint density at radius 2 is 2.16 bits per heavy atom. The molecule has 2 rings (SSSR count). The maximum absolute atomic E-state index is 12.1. The van der Waals surface area contributed by atoms with Gasteiger partial charge in [-0.05, 0) is 12.1 Å². The van der Waals surface area contributed by atoms with E-state index in [1.807, 2.05) is 0 Å². The molecule has 10 heteroatoms. The zero-order chi connectivity index (χ0) is 18.2. The average Bonchev–Trinajstić information content (AvgIpc) is 3.07. The molecule has 0 aliphatic rings. The van der Waals surface area contributed by atoms with Gasteiger partial charge >= 0.3 is 0 Å². The molecule has 0 saturated heterocycles. The van der Waals surface area contributed by atoms with Gasteiger partial charge in [0.15, 0.2) is 4.34 Å². The molecule has 0 aliphatic carbocycles. The predicted octanol–water partition coefficient (Wildman–Crippen LogP) is 1.78. The van der Waals surface area contributed by atoms with E-state index < -0.39 is 0 Å². The van der Waals surface area contributed by atoms with Crippen molar-refractivity contribution in [1.82, 2.24) is 15.1 Å². The molecule has 2 amide bonds. The predicted molar refractivity (Wildman–Crippen MR) is 99.4 cm³/mol. The molecule has 25 heavy (non-hydrogen) atoms. The SMILES string of the molecule is CNc1nnc(SCC(=O)N(C)CC(=O)Nc2cccc(OC)c2)s1. The lowest BCUT2D eigenvalue weighted by Gasteiger charge is -2.16. The van der Waals surface area contributed by atoms with Crippen LogP contribution in [0.15, 0.2) is 28.6 Å². The monoisotopic (exact) mass is 381 g/mol. The van der Waals surface area contributed by atoms with Crippen LogP contribution in [0.3, 0.4) is 0 Å². The zero-order valence-corrected chi connectivity index (χ0v) is 15.7. The molecule has 2 N–H and O–H groups in total. The van der Waals surface area contributed by atoms with Gasteiger partial charge in [-0.3, -0.25) is 9.59 Å². The molecular weight excluding hydrogens is 362 g/mol. The molecule has 0 unspecified atom stereocenters. The summed E-state index contributed by atoms with van der Waals surface area (Å²) >= 11 is 2.67. The van der Waals surface area contributed by atoms with E-state index in [0.717, 1.165) is 0 Å². The van der Waals surface area contributed by atoms with Crippen LogP contribution < -0.4 is 15.4 Å². The molecule has 1 aromatic carbocycles. The highest BCUT2D eigenvalue weighted by Gasteiger charge is 2.15. The van der Waals surface area contributed by atoms with Crippen molar-refractivity contribution in [3.63, 3.8) is 0 Å². The Hall–Kier alpha value is -2.33. The van der Waals surface area contributed by atoms with Crippen molar-refractivity contribution < 1.29 is 14.3 Å². The minimum atomic E-state index is -0.275. The molecule has 1 aromatic heterocycles. The number of aromatic nitrogens is 2. The second-order valence-electron chi connectivity index (χ2n) is 4.94. The second-order valence-corrected chi connectivity index (χ2v) is 7.14. The molecule has 0 atom stereocenters. The highest BCUT2D eigenvalue weighted by atomic mass is 32.2. The summed E-state index contributed by atoms with van der Waals surface area (Å²) in [6.45, 7) is -0.0332. The van der Waals surface area contributed by atoms with Gasteiger partial charge in [-0.1, -0.05) is 29.2 Å². The zero-order valence-electron chi connectivity index (χ0n) is 14.1. The summed E-state index contributed by atoms with van der Waals surface area (Å²) in [6, 6.07) is 7.04. The van der Waals surface area contributed by atoms with Crippen molar-refractivity contribution in [3.05, 3.63) is 24.3 Å². The quantitative estimate of drug-likeness (QED) is 0.673. The van der Waals surface area contributed by atoms with Crippen molar-refractivity contribution in [3.8, 4) is 5.75 Å². The third-order valence-electron chi connectivity index (χ3n) is 3.10. The van der Waals surface area contributed by atoms with E-state index in [-0.39, 0.29) is 24.1 Å². The lowest BCUT2D eigenvalue weighted by Crippen LogP contribution is -2.35. The highest BCUT2D eigenvalue weighted by Crippen LogP contribution is 2.25. The van der Waals surface area contributed by atoms with Crippen LogP contribution in [0.5, 0.6) is 5.75 Å². The fourth-order valence-electron chi connectivity index (χ4n) is 1.81. The van der Waals surface area contributed by atoms with Gasteiger partial charge < -0.3 is 20.3 Å². The number of rotatable bonds is 8. The number of ether oxygens (including phenoxy) is 1. The van der Waals surface area contributed by atoms with E-state index in [2.05, 4.69) is 20.8 Å². The summed E-state index contributed by atoms with van der Waals surface area (Å²) < 4.78 is 5.81. The summed E-state index contributed by atoms with van der Waals surface area (Å²) in [5.74, 6) is 0.410. The van der Waals surface area contributed by atoms with Gasteiger partial charge in [-0.15, -0.1) is 10.2 Å². The number of likely N-dealkylation sites (N-methyl/N-ethyl adjacent to an activating group) is 1. The normalized spacial score (nSPS) is 10.2. The Balaban J connectivity index is 1.80. The largest absolute Gasteiger partial charge is 0.497 e. The smallest absolute Gasteiger partial charge is 0.243 e. The van der Waals surface area contributed by atoms with Crippen LogP contribution in [0.1, 0.15) is 0 Å². The lowest BCUT2D eigenvalue weighted by atomic mass is 10.3. The number of benzene rings is 1. The molecule has 134 valence electrons. The minimum absolute atomic E-state index is 0.0332. The van der Waals surface area contributed by atoms with Crippen molar-refractivity contribution in [1.29, 1.82) is 0 Å². The Kier molecular flexibility index (Phi) is 7.02. The summed E-state index contributed by atoms with van der Waals surface area (Å²) in [6.07, 6.45) is 0. The second kappa shape index (κ2) is 9.23. The summed E-state index contributed by atoms with van der Waals surface area (Å²) in [5.41, 5.74) is 0.619. The van der Waals surface area contributed by atoms with Crippen LogP contribution in [-0.2, 0) is 9.59 Å². The molecule has 0 radical (unpaired) electrons. The van der Waals surface area contributed by atoms with Gasteiger partial charge in [-0.2, -0.15) is 0 Å². The van der Waals surface area contributed by atoms with Gasteiger partial charge in [0.2, 0.25) is 16.9 Å². The Morgan fingerprint density at radius 1 is 1.36 bits per heavy atom. The van der Waals surface area contributed by atoms with Crippen LogP contribution in [0.25, 0.3) is 0 Å². The van der Waals surface area contributed by atoms with Crippen molar-refractivity contribution in [2.45, 2.75) is 4.34 Å². The fourth-order valence-corrected chi connectivity index (χ4v) is 3.45. The molecule has 0 saturated carbocycles. The molecule has 0 spiro atoms. The number of nitrogens with one attached hydrogen (secondary N) is 2. The highest BCUT2D eigenvalue weighted by molar-refractivity contribution is 8.01. The van der Waals surface area contributed by atoms with Crippen molar-refractivity contribution in [2.24, 2.45) is 0 Å². The summed E-state index contributed by atoms with van der Waals surface area (Å²) in [5, 5.41) is 14.2. The van der Waals surface area contributed by atoms with Crippen LogP contribution in [0.2, 0.25) is 0 Å². The molecule has 2 aromatic rings. The molecule has 1 heterocycles. The van der Waals surface area contributed by atoms with Gasteiger partial charge in [0.05, 0.1) is 19.4 Å². The third kappa shape index (κ3) is 5.91. The first-order valence-electron chi connectivity index (χ1n) is 7.33. The number of thioether (sulfide) groups is 1. The first-order valence-corrected chi connectivity index (χ1v) is 9.14. The van der Waals surface area contributed by atoms with Crippen molar-refractivity contribution in [2.75, 3.05) is 44.1 Å². The summed E-state index contributed by atoms with van der Waals surface area (Å²) in [4.78, 5) is 25.6. The van der Waals surface area contributed by atoms with E-state index >= 15 is 0 Å². The van der Waals surface area contributed by atoms with E-state index in [0.29, 0.717) is 20.9 Å². The lowest BCUT2D eigenvalue weighted by molar-refractivity contribution is -0.131. The number of nitrogens with zero attached hydrogens (tertiary/aromatic N) is 3. The maximum atomic E-state index is 12.1. The van der Waals surface area contributed by atoms with E-state index in [1.54, 1.807) is 45.5 Å². The molecule has 0 aliphatic heterocycles. The van der Waals surface area contributed by atoms with Gasteiger partial charge in [0, 0.05) is 25.8 Å². The number of carbonyl (C=O) groups is 2. The maximum Gasteiger partial charge on any atom is 0.243 e. The number of hydrogen-bond acceptors (Lipinski definition) is 8. The Labute approximate surface area is 154 Å². The number of hydrogen-bond donors (Lipinski definition) is 2. The number of methoxy groups -OCH3 is 1. The van der Waals surface area contributed by atoms with Crippen molar-refractivity contribution >= 4 is 45.7 Å². The van der Waals surface area contributed by atoms with Gasteiger partial charge in [0.1, 0.15) is 5.75 Å². The topological polar surface area (TPSA) is 96.5 Å². The molecule has 8 nitrogen and oxygen atoms in total. The minimum Gasteiger partial charge on any atom is -0.497 e. The van der Waals surface area contributed by atoms with Crippen LogP contribution in [-0.4, -0.2) is 60.4 Å². The summed E-state index contributed by atoms with van der Waals surface area (Å²) in [7, 11) is 4.91. The van der Waals surface area contributed by atoms with Crippen LogP contribution in [0.4, 0.5) is 10.8 Å². The van der Waals surface area contributed by atoms with E-state index in [1.165, 1.54) is 28.0 Å². The number of amides is 2. The Bertz CT molecular complexity index is 737. The van der Waals surface area contributed by atoms with Gasteiger partial charge in [-0.25, -0.2) is 0 Å². The van der Waals surface area contributed by atoms with Crippen LogP contribution >= 0.6 is 23.1 Å². The molecule has 0 bridgehead atoms. The average molecular weight is 381 g/mol. The number of anilines is 2. The first kappa shape index (κ1) is 19.0. The van der Waals surface area contributed by atoms with Gasteiger partial charge in [0.25, 0.3) is 0 Å². The van der Waals surface area contributed by atoms with E-state index in [4.69, 9.17) is 4.74 Å². The number of carbonyl (C=O) groups excluding carboxylic acids is 2. The first-order chi connectivity index (χ1) is 12.0. The van der Waals surface area contributed by atoms with Crippen LogP contribution in [0, 0.1) is 0 Å². The molecular formula is C15H19N5O3S2. The fraction of sp³-hybridized carbons (Fsp3) is 0.333. The Morgan fingerprint density at radius 3 is 2.84 bits per heavy atom. The third-order valence-corrected chi connectivity index (χ3v) is 5.16. The molecule has 0 fully saturated rings. The van der Waals surface area contributed by atoms with E-state index in [9.17, 15) is 9.59 Å². The standard InChI is InChI=1S/C15H19N5O3S2/c1-16-14-18-19-15(25-14)24-9-13(22)20(2)8-12(21)17-10-5-4-6-11(7-10)23-3/h4-7H,8-9H2,1-3H3,(H,16,18)(H,17,21).